The smallest absolute Gasteiger partial charge is 0.258 e. The molecule has 1 aromatic carbocycles. The number of carbonyl (C=O) groups is 1. The lowest BCUT2D eigenvalue weighted by Crippen LogP contribution is -2.13. The summed E-state index contributed by atoms with van der Waals surface area (Å²) >= 11 is 6.60. The van der Waals surface area contributed by atoms with Crippen molar-refractivity contribution in [2.75, 3.05) is 5.32 Å². The van der Waals surface area contributed by atoms with Gasteiger partial charge in [-0.1, -0.05) is 15.9 Å². The molecule has 1 heterocycles. The Morgan fingerprint density at radius 3 is 2.94 bits per heavy atom. The molecule has 0 aliphatic carbocycles. The first-order chi connectivity index (χ1) is 8.61. The van der Waals surface area contributed by atoms with E-state index in [0.717, 1.165) is 4.47 Å². The van der Waals surface area contributed by atoms with Gasteiger partial charge in [-0.25, -0.2) is 0 Å². The van der Waals surface area contributed by atoms with E-state index in [1.165, 1.54) is 6.20 Å². The van der Waals surface area contributed by atoms with Crippen LogP contribution in [-0.2, 0) is 0 Å². The van der Waals surface area contributed by atoms with Crippen LogP contribution in [0.15, 0.2) is 33.3 Å². The first-order valence-corrected chi connectivity index (χ1v) is 6.40. The molecule has 0 saturated carbocycles. The molecule has 0 bridgehead atoms. The Morgan fingerprint density at radius 2 is 2.22 bits per heavy atom. The molecule has 2 rings (SSSR count). The number of H-pyrrole nitrogens is 1. The van der Waals surface area contributed by atoms with Crippen molar-refractivity contribution in [1.82, 2.24) is 10.2 Å². The zero-order valence-electron chi connectivity index (χ0n) is 8.87. The van der Waals surface area contributed by atoms with E-state index in [9.17, 15) is 4.79 Å². The van der Waals surface area contributed by atoms with Crippen molar-refractivity contribution in [3.05, 3.63) is 44.5 Å². The Kier molecular flexibility index (Phi) is 3.79. The van der Waals surface area contributed by atoms with Gasteiger partial charge in [-0.15, -0.1) is 0 Å². The van der Waals surface area contributed by atoms with Crippen molar-refractivity contribution in [3.63, 3.8) is 0 Å². The molecule has 0 spiro atoms. The highest BCUT2D eigenvalue weighted by atomic mass is 79.9. The number of carbonyl (C=O) groups excluding carboxylic acids is 1. The van der Waals surface area contributed by atoms with Gasteiger partial charge >= 0.3 is 0 Å². The van der Waals surface area contributed by atoms with Crippen LogP contribution in [0, 0.1) is 11.3 Å². The van der Waals surface area contributed by atoms with Gasteiger partial charge in [0, 0.05) is 8.95 Å². The van der Waals surface area contributed by atoms with Crippen LogP contribution in [0.25, 0.3) is 0 Å². The molecule has 0 aliphatic heterocycles. The summed E-state index contributed by atoms with van der Waals surface area (Å²) in [4.78, 5) is 12.0. The van der Waals surface area contributed by atoms with Crippen LogP contribution in [0.2, 0.25) is 0 Å². The Balaban J connectivity index is 2.28. The van der Waals surface area contributed by atoms with E-state index >= 15 is 0 Å². The number of rotatable bonds is 2. The monoisotopic (exact) mass is 368 g/mol. The maximum Gasteiger partial charge on any atom is 0.258 e. The highest BCUT2D eigenvalue weighted by Crippen LogP contribution is 2.22. The molecule has 7 heteroatoms. The molecule has 0 atom stereocenters. The summed E-state index contributed by atoms with van der Waals surface area (Å²) in [5, 5.41) is 17.7. The second-order valence-electron chi connectivity index (χ2n) is 3.35. The number of aromatic nitrogens is 2. The van der Waals surface area contributed by atoms with Crippen LogP contribution in [0.5, 0.6) is 0 Å². The fraction of sp³-hybridized carbons (Fsp3) is 0. The summed E-state index contributed by atoms with van der Waals surface area (Å²) in [6.07, 6.45) is 1.35. The highest BCUT2D eigenvalue weighted by molar-refractivity contribution is 9.11. The summed E-state index contributed by atoms with van der Waals surface area (Å²) in [5.41, 5.74) is 0.748. The predicted molar refractivity (Wildman–Crippen MR) is 73.1 cm³/mol. The number of anilines is 1. The highest BCUT2D eigenvalue weighted by Gasteiger charge is 2.13. The zero-order valence-corrected chi connectivity index (χ0v) is 12.0. The quantitative estimate of drug-likeness (QED) is 0.853. The van der Waals surface area contributed by atoms with Crippen molar-refractivity contribution in [2.24, 2.45) is 0 Å². The maximum absolute atomic E-state index is 12.0. The average Bonchev–Trinajstić information content (AvgIpc) is 2.79. The van der Waals surface area contributed by atoms with Gasteiger partial charge in [0.05, 0.1) is 11.8 Å². The molecule has 1 aromatic heterocycles. The van der Waals surface area contributed by atoms with Gasteiger partial charge in [0.2, 0.25) is 0 Å². The molecule has 2 N–H and O–H groups in total. The lowest BCUT2D eigenvalue weighted by atomic mass is 10.2. The van der Waals surface area contributed by atoms with Gasteiger partial charge in [-0.3, -0.25) is 9.89 Å². The van der Waals surface area contributed by atoms with Crippen molar-refractivity contribution in [2.45, 2.75) is 0 Å². The third-order valence-electron chi connectivity index (χ3n) is 2.17. The standard InChI is InChI=1S/C11H6Br2N4O/c12-7-1-2-9(13)8(3-7)11(18)16-10-6(4-14)5-15-17-10/h1-3,5H,(H2,15,16,17,18). The zero-order chi connectivity index (χ0) is 13.1. The van der Waals surface area contributed by atoms with Gasteiger partial charge in [0.15, 0.2) is 0 Å². The first-order valence-electron chi connectivity index (χ1n) is 4.81. The van der Waals surface area contributed by atoms with Gasteiger partial charge in [-0.2, -0.15) is 10.4 Å². The minimum Gasteiger partial charge on any atom is -0.306 e. The number of nitrogens with one attached hydrogen (secondary N) is 2. The summed E-state index contributed by atoms with van der Waals surface area (Å²) in [6.45, 7) is 0. The molecule has 0 fully saturated rings. The number of aromatic amines is 1. The molecule has 0 saturated heterocycles. The topological polar surface area (TPSA) is 81.6 Å². The van der Waals surface area contributed by atoms with Gasteiger partial charge in [-0.05, 0) is 34.1 Å². The van der Waals surface area contributed by atoms with E-state index in [2.05, 4.69) is 47.4 Å². The third-order valence-corrected chi connectivity index (χ3v) is 3.36. The van der Waals surface area contributed by atoms with Crippen LogP contribution in [0.1, 0.15) is 15.9 Å². The molecule has 0 aliphatic rings. The van der Waals surface area contributed by atoms with Gasteiger partial charge in [0.1, 0.15) is 17.5 Å². The third kappa shape index (κ3) is 2.60. The fourth-order valence-corrected chi connectivity index (χ4v) is 2.11. The van der Waals surface area contributed by atoms with Crippen molar-refractivity contribution in [1.29, 1.82) is 5.26 Å². The largest absolute Gasteiger partial charge is 0.306 e. The molecular weight excluding hydrogens is 364 g/mol. The number of nitrogens with zero attached hydrogens (tertiary/aromatic N) is 2. The van der Waals surface area contributed by atoms with E-state index in [1.807, 2.05) is 12.1 Å². The van der Waals surface area contributed by atoms with Crippen LogP contribution in [0.4, 0.5) is 5.82 Å². The maximum atomic E-state index is 12.0. The van der Waals surface area contributed by atoms with Crippen LogP contribution in [0.3, 0.4) is 0 Å². The summed E-state index contributed by atoms with van der Waals surface area (Å²) < 4.78 is 1.46. The molecule has 2 aromatic rings. The molecule has 18 heavy (non-hydrogen) atoms. The average molecular weight is 370 g/mol. The number of nitriles is 1. The lowest BCUT2D eigenvalue weighted by molar-refractivity contribution is 0.102. The lowest BCUT2D eigenvalue weighted by Gasteiger charge is -2.05. The van der Waals surface area contributed by atoms with Crippen molar-refractivity contribution >= 4 is 43.6 Å². The van der Waals surface area contributed by atoms with E-state index in [1.54, 1.807) is 12.1 Å². The fourth-order valence-electron chi connectivity index (χ4n) is 1.32. The number of halogens is 2. The second-order valence-corrected chi connectivity index (χ2v) is 5.12. The number of benzene rings is 1. The summed E-state index contributed by atoms with van der Waals surface area (Å²) in [7, 11) is 0. The van der Waals surface area contributed by atoms with Gasteiger partial charge < -0.3 is 5.32 Å². The number of amides is 1. The van der Waals surface area contributed by atoms with Crippen molar-refractivity contribution in [3.8, 4) is 6.07 Å². The Morgan fingerprint density at radius 1 is 1.44 bits per heavy atom. The number of hydrogen-bond acceptors (Lipinski definition) is 3. The normalized spacial score (nSPS) is 9.83. The molecular formula is C11H6Br2N4O. The Hall–Kier alpha value is -1.65. The Bertz CT molecular complexity index is 645. The molecule has 0 unspecified atom stereocenters. The Labute approximate surface area is 119 Å². The molecule has 90 valence electrons. The SMILES string of the molecule is N#Cc1cn[nH]c1NC(=O)c1cc(Br)ccc1Br. The number of hydrogen-bond donors (Lipinski definition) is 2. The van der Waals surface area contributed by atoms with Crippen molar-refractivity contribution < 1.29 is 4.79 Å². The predicted octanol–water partition coefficient (Wildman–Crippen LogP) is 3.06. The minimum absolute atomic E-state index is 0.286. The molecule has 0 radical (unpaired) electrons. The second kappa shape index (κ2) is 5.33. The first kappa shape index (κ1) is 12.8. The van der Waals surface area contributed by atoms with Gasteiger partial charge in [0.25, 0.3) is 5.91 Å². The molecule has 1 amide bonds. The van der Waals surface area contributed by atoms with Crippen LogP contribution in [-0.4, -0.2) is 16.1 Å². The van der Waals surface area contributed by atoms with Crippen LogP contribution >= 0.6 is 31.9 Å². The van der Waals surface area contributed by atoms with Crippen LogP contribution < -0.4 is 5.32 Å². The minimum atomic E-state index is -0.330. The van der Waals surface area contributed by atoms with E-state index in [-0.39, 0.29) is 17.3 Å². The van der Waals surface area contributed by atoms with E-state index in [4.69, 9.17) is 5.26 Å². The van der Waals surface area contributed by atoms with E-state index in [0.29, 0.717) is 10.0 Å². The molecule has 5 nitrogen and oxygen atoms in total. The summed E-state index contributed by atoms with van der Waals surface area (Å²) in [6, 6.07) is 7.19. The summed E-state index contributed by atoms with van der Waals surface area (Å²) in [5.74, 6) is -0.0432. The van der Waals surface area contributed by atoms with E-state index < -0.39 is 0 Å².